The summed E-state index contributed by atoms with van der Waals surface area (Å²) in [5.41, 5.74) is 0. The molecule has 3 heteroatoms. The van der Waals surface area contributed by atoms with Crippen LogP contribution in [0.25, 0.3) is 0 Å². The standard InChI is InChI=1S/C10H17NOS/c1-9(2)3-4-10(12)11-5-7-13-8-6-11/h3-4,9H,5-8H2,1-2H3/b4-3+. The Hall–Kier alpha value is -0.440. The van der Waals surface area contributed by atoms with Crippen LogP contribution in [0.15, 0.2) is 12.2 Å². The Bertz CT molecular complexity index is 195. The zero-order chi connectivity index (χ0) is 9.68. The highest BCUT2D eigenvalue weighted by atomic mass is 32.2. The molecule has 0 atom stereocenters. The molecule has 74 valence electrons. The Labute approximate surface area is 84.4 Å². The lowest BCUT2D eigenvalue weighted by Crippen LogP contribution is -2.36. The number of allylic oxidation sites excluding steroid dienone is 1. The van der Waals surface area contributed by atoms with Crippen LogP contribution < -0.4 is 0 Å². The van der Waals surface area contributed by atoms with Crippen LogP contribution in [0.3, 0.4) is 0 Å². The van der Waals surface area contributed by atoms with Gasteiger partial charge < -0.3 is 4.90 Å². The minimum atomic E-state index is 0.175. The molecule has 0 radical (unpaired) electrons. The molecular weight excluding hydrogens is 182 g/mol. The van der Waals surface area contributed by atoms with Crippen molar-refractivity contribution in [2.45, 2.75) is 13.8 Å². The Morgan fingerprint density at radius 2 is 2.00 bits per heavy atom. The Kier molecular flexibility index (Phi) is 4.36. The van der Waals surface area contributed by atoms with Crippen LogP contribution in [0, 0.1) is 5.92 Å². The van der Waals surface area contributed by atoms with Crippen molar-refractivity contribution in [1.29, 1.82) is 0 Å². The summed E-state index contributed by atoms with van der Waals surface area (Å²) in [5.74, 6) is 2.81. The van der Waals surface area contributed by atoms with E-state index in [-0.39, 0.29) is 5.91 Å². The predicted molar refractivity (Wildman–Crippen MR) is 57.9 cm³/mol. The fourth-order valence-corrected chi connectivity index (χ4v) is 2.07. The topological polar surface area (TPSA) is 20.3 Å². The molecule has 0 saturated carbocycles. The zero-order valence-corrected chi connectivity index (χ0v) is 9.14. The molecule has 0 spiro atoms. The average molecular weight is 199 g/mol. The van der Waals surface area contributed by atoms with Crippen LogP contribution in [0.1, 0.15) is 13.8 Å². The molecule has 0 N–H and O–H groups in total. The van der Waals surface area contributed by atoms with Gasteiger partial charge in [-0.25, -0.2) is 0 Å². The molecule has 0 aromatic heterocycles. The van der Waals surface area contributed by atoms with Gasteiger partial charge in [-0.15, -0.1) is 0 Å². The summed E-state index contributed by atoms with van der Waals surface area (Å²) in [5, 5.41) is 0. The van der Waals surface area contributed by atoms with Gasteiger partial charge in [-0.1, -0.05) is 19.9 Å². The van der Waals surface area contributed by atoms with Gasteiger partial charge in [-0.3, -0.25) is 4.79 Å². The third kappa shape index (κ3) is 3.85. The van der Waals surface area contributed by atoms with Gasteiger partial charge in [0.25, 0.3) is 0 Å². The van der Waals surface area contributed by atoms with Crippen molar-refractivity contribution < 1.29 is 4.79 Å². The molecule has 1 fully saturated rings. The first kappa shape index (κ1) is 10.6. The average Bonchev–Trinajstić information content (AvgIpc) is 2.15. The molecule has 2 nitrogen and oxygen atoms in total. The van der Waals surface area contributed by atoms with Crippen molar-refractivity contribution in [3.63, 3.8) is 0 Å². The highest BCUT2D eigenvalue weighted by molar-refractivity contribution is 7.99. The first-order chi connectivity index (χ1) is 6.20. The molecule has 1 saturated heterocycles. The maximum Gasteiger partial charge on any atom is 0.246 e. The number of rotatable bonds is 2. The van der Waals surface area contributed by atoms with Crippen molar-refractivity contribution >= 4 is 17.7 Å². The quantitative estimate of drug-likeness (QED) is 0.632. The molecule has 1 aliphatic heterocycles. The second-order valence-electron chi connectivity index (χ2n) is 3.54. The molecule has 0 aliphatic carbocycles. The molecule has 1 amide bonds. The third-order valence-electron chi connectivity index (χ3n) is 1.95. The van der Waals surface area contributed by atoms with Crippen molar-refractivity contribution in [2.24, 2.45) is 5.92 Å². The molecule has 0 aromatic rings. The van der Waals surface area contributed by atoms with Gasteiger partial charge in [-0.05, 0) is 12.0 Å². The van der Waals surface area contributed by atoms with E-state index in [1.54, 1.807) is 6.08 Å². The van der Waals surface area contributed by atoms with Crippen molar-refractivity contribution in [3.05, 3.63) is 12.2 Å². The Balaban J connectivity index is 2.37. The normalized spacial score (nSPS) is 18.5. The van der Waals surface area contributed by atoms with E-state index in [0.29, 0.717) is 5.92 Å². The van der Waals surface area contributed by atoms with E-state index in [2.05, 4.69) is 13.8 Å². The lowest BCUT2D eigenvalue weighted by Gasteiger charge is -2.25. The van der Waals surface area contributed by atoms with E-state index in [1.807, 2.05) is 22.7 Å². The third-order valence-corrected chi connectivity index (χ3v) is 2.89. The molecule has 1 rings (SSSR count). The number of nitrogens with zero attached hydrogens (tertiary/aromatic N) is 1. The van der Waals surface area contributed by atoms with Gasteiger partial charge >= 0.3 is 0 Å². The van der Waals surface area contributed by atoms with Crippen LogP contribution in [-0.4, -0.2) is 35.4 Å². The zero-order valence-electron chi connectivity index (χ0n) is 8.32. The van der Waals surface area contributed by atoms with Crippen molar-refractivity contribution in [3.8, 4) is 0 Å². The molecule has 0 unspecified atom stereocenters. The SMILES string of the molecule is CC(C)/C=C/C(=O)N1CCSCC1. The van der Waals surface area contributed by atoms with E-state index in [1.165, 1.54) is 0 Å². The molecular formula is C10H17NOS. The summed E-state index contributed by atoms with van der Waals surface area (Å²) in [6.45, 7) is 5.98. The number of amides is 1. The van der Waals surface area contributed by atoms with Crippen LogP contribution in [0.4, 0.5) is 0 Å². The fraction of sp³-hybridized carbons (Fsp3) is 0.700. The minimum absolute atomic E-state index is 0.175. The van der Waals surface area contributed by atoms with Gasteiger partial charge in [0.2, 0.25) is 5.91 Å². The maximum absolute atomic E-state index is 11.5. The summed E-state index contributed by atoms with van der Waals surface area (Å²) in [4.78, 5) is 13.5. The number of thioether (sulfide) groups is 1. The van der Waals surface area contributed by atoms with Crippen molar-refractivity contribution in [1.82, 2.24) is 4.90 Å². The van der Waals surface area contributed by atoms with Gasteiger partial charge in [0.15, 0.2) is 0 Å². The second kappa shape index (κ2) is 5.32. The lowest BCUT2D eigenvalue weighted by molar-refractivity contribution is -0.125. The van der Waals surface area contributed by atoms with Crippen molar-refractivity contribution in [2.75, 3.05) is 24.6 Å². The second-order valence-corrected chi connectivity index (χ2v) is 4.77. The summed E-state index contributed by atoms with van der Waals surface area (Å²) in [6, 6.07) is 0. The Morgan fingerprint density at radius 1 is 1.38 bits per heavy atom. The van der Waals surface area contributed by atoms with E-state index < -0.39 is 0 Å². The summed E-state index contributed by atoms with van der Waals surface area (Å²) in [6.07, 6.45) is 3.67. The fourth-order valence-electron chi connectivity index (χ4n) is 1.16. The van der Waals surface area contributed by atoms with Crippen LogP contribution in [-0.2, 0) is 4.79 Å². The highest BCUT2D eigenvalue weighted by Gasteiger charge is 2.13. The number of hydrogen-bond acceptors (Lipinski definition) is 2. The molecule has 0 aromatic carbocycles. The molecule has 0 bridgehead atoms. The van der Waals surface area contributed by atoms with Gasteiger partial charge in [0, 0.05) is 24.6 Å². The lowest BCUT2D eigenvalue weighted by atomic mass is 10.2. The molecule has 1 heterocycles. The first-order valence-corrected chi connectivity index (χ1v) is 5.90. The summed E-state index contributed by atoms with van der Waals surface area (Å²) < 4.78 is 0. The minimum Gasteiger partial charge on any atom is -0.338 e. The van der Waals surface area contributed by atoms with Gasteiger partial charge in [-0.2, -0.15) is 11.8 Å². The molecule has 1 aliphatic rings. The smallest absolute Gasteiger partial charge is 0.246 e. The highest BCUT2D eigenvalue weighted by Crippen LogP contribution is 2.09. The largest absolute Gasteiger partial charge is 0.338 e. The summed E-state index contributed by atoms with van der Waals surface area (Å²) >= 11 is 1.92. The number of carbonyl (C=O) groups is 1. The van der Waals surface area contributed by atoms with Gasteiger partial charge in [0.1, 0.15) is 0 Å². The van der Waals surface area contributed by atoms with E-state index in [4.69, 9.17) is 0 Å². The number of hydrogen-bond donors (Lipinski definition) is 0. The monoisotopic (exact) mass is 199 g/mol. The predicted octanol–water partition coefficient (Wildman–Crippen LogP) is 1.77. The molecule has 13 heavy (non-hydrogen) atoms. The van der Waals surface area contributed by atoms with Crippen LogP contribution in [0.5, 0.6) is 0 Å². The van der Waals surface area contributed by atoms with E-state index in [9.17, 15) is 4.79 Å². The number of carbonyl (C=O) groups excluding carboxylic acids is 1. The van der Waals surface area contributed by atoms with Gasteiger partial charge in [0.05, 0.1) is 0 Å². The van der Waals surface area contributed by atoms with Crippen LogP contribution in [0.2, 0.25) is 0 Å². The summed E-state index contributed by atoms with van der Waals surface area (Å²) in [7, 11) is 0. The Morgan fingerprint density at radius 3 is 2.54 bits per heavy atom. The first-order valence-electron chi connectivity index (χ1n) is 4.75. The van der Waals surface area contributed by atoms with E-state index >= 15 is 0 Å². The van der Waals surface area contributed by atoms with E-state index in [0.717, 1.165) is 24.6 Å². The van der Waals surface area contributed by atoms with Crippen LogP contribution >= 0.6 is 11.8 Å². The maximum atomic E-state index is 11.5.